The number of alkyl halides is 3. The Hall–Kier alpha value is -2.21. The summed E-state index contributed by atoms with van der Waals surface area (Å²) in [5.74, 6) is -0.359. The molecule has 2 aromatic rings. The minimum absolute atomic E-state index is 0.158. The van der Waals surface area contributed by atoms with Crippen LogP contribution in [0.15, 0.2) is 42.5 Å². The number of aryl methyl sites for hydroxylation is 1. The molecule has 2 aromatic carbocycles. The van der Waals surface area contributed by atoms with Crippen LogP contribution in [0.1, 0.15) is 18.1 Å². The standard InChI is InChI=1S/C17H16ClF3N2O/c1-2-11-3-5-12(6-4-11)23-16(24)10-22-13-7-8-15(18)14(9-13)17(19,20)21/h3-9,22H,2,10H2,1H3,(H,23,24). The highest BCUT2D eigenvalue weighted by atomic mass is 35.5. The maximum atomic E-state index is 12.8. The van der Waals surface area contributed by atoms with Gasteiger partial charge >= 0.3 is 6.18 Å². The predicted octanol–water partition coefficient (Wildman–Crippen LogP) is 4.97. The van der Waals surface area contributed by atoms with E-state index in [1.54, 1.807) is 12.1 Å². The van der Waals surface area contributed by atoms with E-state index < -0.39 is 11.7 Å². The normalized spacial score (nSPS) is 11.2. The van der Waals surface area contributed by atoms with Gasteiger partial charge in [0, 0.05) is 11.4 Å². The molecule has 128 valence electrons. The maximum absolute atomic E-state index is 12.8. The maximum Gasteiger partial charge on any atom is 0.417 e. The van der Waals surface area contributed by atoms with Crippen molar-refractivity contribution in [1.82, 2.24) is 0 Å². The van der Waals surface area contributed by atoms with Crippen molar-refractivity contribution < 1.29 is 18.0 Å². The molecule has 7 heteroatoms. The van der Waals surface area contributed by atoms with Crippen molar-refractivity contribution in [3.8, 4) is 0 Å². The lowest BCUT2D eigenvalue weighted by Gasteiger charge is -2.12. The summed E-state index contributed by atoms with van der Waals surface area (Å²) < 4.78 is 38.4. The van der Waals surface area contributed by atoms with Crippen LogP contribution < -0.4 is 10.6 Å². The third kappa shape index (κ3) is 4.89. The predicted molar refractivity (Wildman–Crippen MR) is 89.4 cm³/mol. The second-order valence-electron chi connectivity index (χ2n) is 5.14. The molecule has 0 atom stereocenters. The number of carbonyl (C=O) groups excluding carboxylic acids is 1. The number of amides is 1. The number of hydrogen-bond acceptors (Lipinski definition) is 2. The number of nitrogens with one attached hydrogen (secondary N) is 2. The van der Waals surface area contributed by atoms with Gasteiger partial charge in [-0.05, 0) is 42.3 Å². The highest BCUT2D eigenvalue weighted by Crippen LogP contribution is 2.36. The lowest BCUT2D eigenvalue weighted by molar-refractivity contribution is -0.137. The van der Waals surface area contributed by atoms with E-state index in [4.69, 9.17) is 11.6 Å². The van der Waals surface area contributed by atoms with E-state index in [2.05, 4.69) is 10.6 Å². The van der Waals surface area contributed by atoms with Gasteiger partial charge in [-0.2, -0.15) is 13.2 Å². The van der Waals surface area contributed by atoms with Crippen molar-refractivity contribution in [3.63, 3.8) is 0 Å². The Bertz CT molecular complexity index is 715. The fourth-order valence-corrected chi connectivity index (χ4v) is 2.29. The summed E-state index contributed by atoms with van der Waals surface area (Å²) in [5, 5.41) is 4.95. The van der Waals surface area contributed by atoms with Crippen LogP contribution >= 0.6 is 11.6 Å². The minimum atomic E-state index is -4.54. The zero-order chi connectivity index (χ0) is 17.7. The summed E-state index contributed by atoms with van der Waals surface area (Å²) in [5.41, 5.74) is 1.01. The van der Waals surface area contributed by atoms with Crippen LogP contribution in [0.5, 0.6) is 0 Å². The number of anilines is 2. The summed E-state index contributed by atoms with van der Waals surface area (Å²) in [4.78, 5) is 11.9. The molecule has 1 amide bonds. The van der Waals surface area contributed by atoms with Crippen molar-refractivity contribution in [2.24, 2.45) is 0 Å². The summed E-state index contributed by atoms with van der Waals surface area (Å²) >= 11 is 5.55. The number of hydrogen-bond donors (Lipinski definition) is 2. The average Bonchev–Trinajstić information content (AvgIpc) is 2.53. The van der Waals surface area contributed by atoms with E-state index >= 15 is 0 Å². The van der Waals surface area contributed by atoms with E-state index in [0.29, 0.717) is 5.69 Å². The van der Waals surface area contributed by atoms with Gasteiger partial charge in [-0.15, -0.1) is 0 Å². The van der Waals surface area contributed by atoms with E-state index in [1.165, 1.54) is 6.07 Å². The van der Waals surface area contributed by atoms with Crippen LogP contribution in [-0.2, 0) is 17.4 Å². The van der Waals surface area contributed by atoms with Gasteiger partial charge < -0.3 is 10.6 Å². The molecule has 0 saturated carbocycles. The van der Waals surface area contributed by atoms with Crippen molar-refractivity contribution in [1.29, 1.82) is 0 Å². The van der Waals surface area contributed by atoms with Gasteiger partial charge in [0.05, 0.1) is 17.1 Å². The zero-order valence-corrected chi connectivity index (χ0v) is 13.6. The van der Waals surface area contributed by atoms with Crippen LogP contribution in [0.2, 0.25) is 5.02 Å². The molecule has 0 radical (unpaired) electrons. The Morgan fingerprint density at radius 2 is 1.71 bits per heavy atom. The number of carbonyl (C=O) groups is 1. The van der Waals surface area contributed by atoms with E-state index in [-0.39, 0.29) is 23.2 Å². The van der Waals surface area contributed by atoms with Gasteiger partial charge in [0.1, 0.15) is 0 Å². The number of rotatable bonds is 5. The second-order valence-corrected chi connectivity index (χ2v) is 5.55. The molecule has 0 spiro atoms. The quantitative estimate of drug-likeness (QED) is 0.794. The first kappa shape index (κ1) is 18.1. The van der Waals surface area contributed by atoms with Crippen molar-refractivity contribution in [2.75, 3.05) is 17.2 Å². The molecule has 2 rings (SSSR count). The lowest BCUT2D eigenvalue weighted by Crippen LogP contribution is -2.22. The van der Waals surface area contributed by atoms with Crippen molar-refractivity contribution >= 4 is 28.9 Å². The van der Waals surface area contributed by atoms with Gasteiger partial charge in [-0.1, -0.05) is 30.7 Å². The van der Waals surface area contributed by atoms with E-state index in [9.17, 15) is 18.0 Å². The smallest absolute Gasteiger partial charge is 0.376 e. The van der Waals surface area contributed by atoms with Crippen LogP contribution in [0.3, 0.4) is 0 Å². The summed E-state index contributed by atoms with van der Waals surface area (Å²) in [6, 6.07) is 10.8. The van der Waals surface area contributed by atoms with E-state index in [0.717, 1.165) is 24.1 Å². The fraction of sp³-hybridized carbons (Fsp3) is 0.235. The Balaban J connectivity index is 1.96. The molecule has 0 aliphatic heterocycles. The molecule has 3 nitrogen and oxygen atoms in total. The van der Waals surface area contributed by atoms with Gasteiger partial charge in [-0.25, -0.2) is 0 Å². The van der Waals surface area contributed by atoms with Gasteiger partial charge in [0.15, 0.2) is 0 Å². The first-order valence-electron chi connectivity index (χ1n) is 7.29. The molecular weight excluding hydrogens is 341 g/mol. The fourth-order valence-electron chi connectivity index (χ4n) is 2.06. The highest BCUT2D eigenvalue weighted by molar-refractivity contribution is 6.31. The Morgan fingerprint density at radius 3 is 2.29 bits per heavy atom. The van der Waals surface area contributed by atoms with Crippen LogP contribution in [0.25, 0.3) is 0 Å². The van der Waals surface area contributed by atoms with Gasteiger partial charge in [0.25, 0.3) is 0 Å². The van der Waals surface area contributed by atoms with Gasteiger partial charge in [-0.3, -0.25) is 4.79 Å². The summed E-state index contributed by atoms with van der Waals surface area (Å²) in [6.07, 6.45) is -3.65. The molecule has 0 heterocycles. The highest BCUT2D eigenvalue weighted by Gasteiger charge is 2.33. The second kappa shape index (κ2) is 7.57. The first-order valence-corrected chi connectivity index (χ1v) is 7.67. The largest absolute Gasteiger partial charge is 0.417 e. The number of halogens is 4. The molecule has 0 unspecified atom stereocenters. The third-order valence-corrected chi connectivity index (χ3v) is 3.70. The number of benzene rings is 2. The third-order valence-electron chi connectivity index (χ3n) is 3.37. The lowest BCUT2D eigenvalue weighted by atomic mass is 10.1. The zero-order valence-electron chi connectivity index (χ0n) is 12.9. The molecule has 0 aliphatic carbocycles. The molecule has 2 N–H and O–H groups in total. The molecule has 0 fully saturated rings. The van der Waals surface area contributed by atoms with Crippen molar-refractivity contribution in [2.45, 2.75) is 19.5 Å². The Kier molecular flexibility index (Phi) is 5.72. The Labute approximate surface area is 142 Å². The van der Waals surface area contributed by atoms with Crippen LogP contribution in [0.4, 0.5) is 24.5 Å². The summed E-state index contributed by atoms with van der Waals surface area (Å²) in [6.45, 7) is 1.87. The molecule has 24 heavy (non-hydrogen) atoms. The van der Waals surface area contributed by atoms with Crippen LogP contribution in [0, 0.1) is 0 Å². The molecule has 0 bridgehead atoms. The molecule has 0 saturated heterocycles. The van der Waals surface area contributed by atoms with Gasteiger partial charge in [0.2, 0.25) is 5.91 Å². The molecule has 0 aliphatic rings. The minimum Gasteiger partial charge on any atom is -0.376 e. The van der Waals surface area contributed by atoms with E-state index in [1.807, 2.05) is 19.1 Å². The first-order chi connectivity index (χ1) is 11.3. The Morgan fingerprint density at radius 1 is 1.08 bits per heavy atom. The average molecular weight is 357 g/mol. The SMILES string of the molecule is CCc1ccc(NC(=O)CNc2ccc(Cl)c(C(F)(F)F)c2)cc1. The molecular formula is C17H16ClF3N2O. The summed E-state index contributed by atoms with van der Waals surface area (Å²) in [7, 11) is 0. The van der Waals surface area contributed by atoms with Crippen LogP contribution in [-0.4, -0.2) is 12.5 Å². The van der Waals surface area contributed by atoms with Crippen molar-refractivity contribution in [3.05, 3.63) is 58.6 Å². The molecule has 0 aromatic heterocycles. The monoisotopic (exact) mass is 356 g/mol. The topological polar surface area (TPSA) is 41.1 Å².